The lowest BCUT2D eigenvalue weighted by molar-refractivity contribution is -0.188. The van der Waals surface area contributed by atoms with Crippen molar-refractivity contribution in [1.29, 1.82) is 0 Å². The molecule has 1 fully saturated rings. The summed E-state index contributed by atoms with van der Waals surface area (Å²) in [6.07, 6.45) is 2.01. The monoisotopic (exact) mass is 168 g/mol. The molecule has 0 bridgehead atoms. The van der Waals surface area contributed by atoms with E-state index in [1.54, 1.807) is 0 Å². The molecule has 2 atom stereocenters. The summed E-state index contributed by atoms with van der Waals surface area (Å²) in [7, 11) is 0. The first-order valence-corrected chi connectivity index (χ1v) is 4.47. The average Bonchev–Trinajstić information content (AvgIpc) is 2.16. The van der Waals surface area contributed by atoms with Crippen LogP contribution in [0, 0.1) is 0 Å². The third-order valence-corrected chi connectivity index (χ3v) is 2.06. The van der Waals surface area contributed by atoms with Gasteiger partial charge in [0, 0.05) is 5.57 Å². The van der Waals surface area contributed by atoms with Gasteiger partial charge in [-0.15, -0.1) is 5.73 Å². The van der Waals surface area contributed by atoms with Gasteiger partial charge >= 0.3 is 0 Å². The minimum absolute atomic E-state index is 0.0351. The lowest BCUT2D eigenvalue weighted by Crippen LogP contribution is -2.33. The summed E-state index contributed by atoms with van der Waals surface area (Å²) in [6, 6.07) is 0. The molecule has 2 unspecified atom stereocenters. The number of hydrogen-bond acceptors (Lipinski definition) is 2. The Morgan fingerprint density at radius 3 is 2.75 bits per heavy atom. The maximum absolute atomic E-state index is 5.63. The summed E-state index contributed by atoms with van der Waals surface area (Å²) in [4.78, 5) is 0. The summed E-state index contributed by atoms with van der Waals surface area (Å²) in [5, 5.41) is 0. The molecule has 68 valence electrons. The Kier molecular flexibility index (Phi) is 3.54. The molecule has 2 nitrogen and oxygen atoms in total. The van der Waals surface area contributed by atoms with Gasteiger partial charge in [-0.1, -0.05) is 20.4 Å². The molecule has 0 spiro atoms. The van der Waals surface area contributed by atoms with Crippen LogP contribution in [0.15, 0.2) is 17.9 Å². The van der Waals surface area contributed by atoms with E-state index in [1.165, 1.54) is 0 Å². The van der Waals surface area contributed by atoms with E-state index in [-0.39, 0.29) is 12.4 Å². The lowest BCUT2D eigenvalue weighted by atomic mass is 10.1. The van der Waals surface area contributed by atoms with Gasteiger partial charge in [-0.2, -0.15) is 0 Å². The van der Waals surface area contributed by atoms with E-state index in [1.807, 2.05) is 0 Å². The molecule has 0 radical (unpaired) electrons. The van der Waals surface area contributed by atoms with Gasteiger partial charge in [0.05, 0.1) is 12.7 Å². The highest BCUT2D eigenvalue weighted by atomic mass is 16.7. The van der Waals surface area contributed by atoms with E-state index in [4.69, 9.17) is 9.47 Å². The molecule has 0 N–H and O–H groups in total. The van der Waals surface area contributed by atoms with E-state index in [0.29, 0.717) is 6.61 Å². The highest BCUT2D eigenvalue weighted by Gasteiger charge is 2.23. The minimum atomic E-state index is -0.0351. The van der Waals surface area contributed by atoms with Crippen molar-refractivity contribution in [3.05, 3.63) is 17.9 Å². The topological polar surface area (TPSA) is 18.5 Å². The highest BCUT2D eigenvalue weighted by molar-refractivity contribution is 5.08. The Balaban J connectivity index is 2.59. The van der Waals surface area contributed by atoms with Gasteiger partial charge < -0.3 is 9.47 Å². The molecule has 1 rings (SSSR count). The van der Waals surface area contributed by atoms with Crippen molar-refractivity contribution in [2.75, 3.05) is 6.61 Å². The molecule has 2 heteroatoms. The Morgan fingerprint density at radius 2 is 2.25 bits per heavy atom. The third kappa shape index (κ3) is 1.98. The van der Waals surface area contributed by atoms with E-state index in [0.717, 1.165) is 18.4 Å². The number of rotatable bonds is 2. The second-order valence-corrected chi connectivity index (χ2v) is 2.88. The second kappa shape index (κ2) is 4.46. The first-order valence-electron chi connectivity index (χ1n) is 4.47. The molecule has 1 heterocycles. The van der Waals surface area contributed by atoms with Crippen molar-refractivity contribution in [1.82, 2.24) is 0 Å². The van der Waals surface area contributed by atoms with Crippen molar-refractivity contribution in [3.8, 4) is 0 Å². The fourth-order valence-corrected chi connectivity index (χ4v) is 1.30. The summed E-state index contributed by atoms with van der Waals surface area (Å²) in [5.41, 5.74) is 3.91. The lowest BCUT2D eigenvalue weighted by Gasteiger charge is -2.30. The molecule has 0 saturated carbocycles. The number of hydrogen-bond donors (Lipinski definition) is 0. The van der Waals surface area contributed by atoms with Crippen LogP contribution in [0.4, 0.5) is 0 Å². The van der Waals surface area contributed by atoms with E-state index in [2.05, 4.69) is 26.2 Å². The van der Waals surface area contributed by atoms with E-state index >= 15 is 0 Å². The van der Waals surface area contributed by atoms with Crippen LogP contribution in [0.3, 0.4) is 0 Å². The van der Waals surface area contributed by atoms with Crippen molar-refractivity contribution >= 4 is 0 Å². The average molecular weight is 168 g/mol. The highest BCUT2D eigenvalue weighted by Crippen LogP contribution is 2.20. The molecule has 0 aliphatic carbocycles. The molecule has 1 aliphatic rings. The number of ether oxygens (including phenoxy) is 2. The van der Waals surface area contributed by atoms with E-state index in [9.17, 15) is 0 Å². The van der Waals surface area contributed by atoms with Gasteiger partial charge in [0.1, 0.15) is 0 Å². The zero-order chi connectivity index (χ0) is 8.97. The minimum Gasteiger partial charge on any atom is -0.348 e. The molecule has 0 aromatic heterocycles. The van der Waals surface area contributed by atoms with E-state index < -0.39 is 0 Å². The van der Waals surface area contributed by atoms with Gasteiger partial charge in [-0.05, 0) is 12.8 Å². The van der Waals surface area contributed by atoms with Gasteiger partial charge in [0.15, 0.2) is 6.29 Å². The molecule has 12 heavy (non-hydrogen) atoms. The Hall–Kier alpha value is -0.560. The maximum atomic E-state index is 5.63. The summed E-state index contributed by atoms with van der Waals surface area (Å²) in [5.74, 6) is 0. The smallest absolute Gasteiger partial charge is 0.158 e. The van der Waals surface area contributed by atoms with Crippen LogP contribution in [0.2, 0.25) is 0 Å². The molecule has 0 aromatic carbocycles. The van der Waals surface area contributed by atoms with Crippen LogP contribution < -0.4 is 0 Å². The van der Waals surface area contributed by atoms with Crippen molar-refractivity contribution < 1.29 is 9.47 Å². The third-order valence-electron chi connectivity index (χ3n) is 2.06. The summed E-state index contributed by atoms with van der Waals surface area (Å²) < 4.78 is 11.0. The first kappa shape index (κ1) is 9.53. The fourth-order valence-electron chi connectivity index (χ4n) is 1.30. The normalized spacial score (nSPS) is 30.0. The standard InChI is InChI=1S/C10H16O2/c1-4-8-7-11-10(6-3)12-9(8)5-2/h9-10H,1,5-7H2,2-3H3. The zero-order valence-electron chi connectivity index (χ0n) is 7.80. The first-order chi connectivity index (χ1) is 5.81. The predicted octanol–water partition coefficient (Wildman–Crippen LogP) is 2.26. The molecule has 1 saturated heterocycles. The summed E-state index contributed by atoms with van der Waals surface area (Å²) >= 11 is 0. The Bertz CT molecular complexity index is 192. The van der Waals surface area contributed by atoms with Crippen molar-refractivity contribution in [2.45, 2.75) is 39.1 Å². The molecular formula is C10H16O2. The predicted molar refractivity (Wildman–Crippen MR) is 47.8 cm³/mol. The molecule has 1 aliphatic heterocycles. The summed E-state index contributed by atoms with van der Waals surface area (Å²) in [6.45, 7) is 8.39. The van der Waals surface area contributed by atoms with Crippen molar-refractivity contribution in [2.24, 2.45) is 0 Å². The Morgan fingerprint density at radius 1 is 1.50 bits per heavy atom. The fraction of sp³-hybridized carbons (Fsp3) is 0.700. The van der Waals surface area contributed by atoms with Crippen LogP contribution in [0.25, 0.3) is 0 Å². The largest absolute Gasteiger partial charge is 0.348 e. The SMILES string of the molecule is C=C=C1COC(CC)OC1CC. The quantitative estimate of drug-likeness (QED) is 0.589. The maximum Gasteiger partial charge on any atom is 0.158 e. The Labute approximate surface area is 73.9 Å². The van der Waals surface area contributed by atoms with Crippen molar-refractivity contribution in [3.63, 3.8) is 0 Å². The second-order valence-electron chi connectivity index (χ2n) is 2.88. The molecule has 0 aromatic rings. The van der Waals surface area contributed by atoms with Crippen LogP contribution in [-0.2, 0) is 9.47 Å². The van der Waals surface area contributed by atoms with Gasteiger partial charge in [-0.25, -0.2) is 0 Å². The van der Waals surface area contributed by atoms with Crippen LogP contribution in [0.1, 0.15) is 26.7 Å². The van der Waals surface area contributed by atoms with Gasteiger partial charge in [0.2, 0.25) is 0 Å². The van der Waals surface area contributed by atoms with Crippen LogP contribution in [0.5, 0.6) is 0 Å². The molecule has 0 amide bonds. The van der Waals surface area contributed by atoms with Gasteiger partial charge in [0.25, 0.3) is 0 Å². The zero-order valence-corrected chi connectivity index (χ0v) is 7.80. The van der Waals surface area contributed by atoms with Crippen LogP contribution in [-0.4, -0.2) is 19.0 Å². The van der Waals surface area contributed by atoms with Gasteiger partial charge in [-0.3, -0.25) is 0 Å². The van der Waals surface area contributed by atoms with Crippen LogP contribution >= 0.6 is 0 Å². The molecular weight excluding hydrogens is 152 g/mol.